The molecule has 0 spiro atoms. The van der Waals surface area contributed by atoms with Crippen LogP contribution in [0.25, 0.3) is 10.9 Å². The van der Waals surface area contributed by atoms with E-state index in [1.807, 2.05) is 30.5 Å². The number of rotatable bonds is 3. The van der Waals surface area contributed by atoms with Crippen molar-refractivity contribution in [3.63, 3.8) is 0 Å². The van der Waals surface area contributed by atoms with Gasteiger partial charge in [-0.2, -0.15) is 0 Å². The smallest absolute Gasteiger partial charge is 0.319 e. The van der Waals surface area contributed by atoms with Gasteiger partial charge in [-0.05, 0) is 37.1 Å². The molecular formula is C17H23N3O2. The number of carbonyl (C=O) groups excluding carboxylic acids is 1. The molecule has 0 unspecified atom stereocenters. The molecule has 2 aromatic rings. The molecule has 5 heteroatoms. The lowest BCUT2D eigenvalue weighted by atomic mass is 9.95. The summed E-state index contributed by atoms with van der Waals surface area (Å²) >= 11 is 0. The van der Waals surface area contributed by atoms with E-state index in [0.717, 1.165) is 42.3 Å². The SMILES string of the molecule is O=C(NCC1(O)CCCCCC1)Nc1ccc2[nH]ccc2c1. The summed E-state index contributed by atoms with van der Waals surface area (Å²) in [4.78, 5) is 15.1. The van der Waals surface area contributed by atoms with Crippen LogP contribution in [0.15, 0.2) is 30.5 Å². The fraction of sp³-hybridized carbons (Fsp3) is 0.471. The molecule has 0 aliphatic heterocycles. The quantitative estimate of drug-likeness (QED) is 0.656. The first-order chi connectivity index (χ1) is 10.6. The van der Waals surface area contributed by atoms with Crippen LogP contribution in [0.4, 0.5) is 10.5 Å². The predicted octanol–water partition coefficient (Wildman–Crippen LogP) is 3.37. The summed E-state index contributed by atoms with van der Waals surface area (Å²) in [5, 5.41) is 17.2. The minimum absolute atomic E-state index is 0.271. The molecule has 118 valence electrons. The molecule has 1 aliphatic rings. The number of aromatic amines is 1. The van der Waals surface area contributed by atoms with Crippen molar-refractivity contribution < 1.29 is 9.90 Å². The third-order valence-corrected chi connectivity index (χ3v) is 4.42. The summed E-state index contributed by atoms with van der Waals surface area (Å²) in [6, 6.07) is 7.41. The van der Waals surface area contributed by atoms with Gasteiger partial charge in [-0.3, -0.25) is 0 Å². The lowest BCUT2D eigenvalue weighted by Gasteiger charge is -2.26. The molecular weight excluding hydrogens is 278 g/mol. The highest BCUT2D eigenvalue weighted by Gasteiger charge is 2.28. The van der Waals surface area contributed by atoms with E-state index in [0.29, 0.717) is 6.54 Å². The number of aromatic nitrogens is 1. The number of aliphatic hydroxyl groups is 1. The maximum Gasteiger partial charge on any atom is 0.319 e. The summed E-state index contributed by atoms with van der Waals surface area (Å²) in [6.45, 7) is 0.311. The molecule has 3 rings (SSSR count). The van der Waals surface area contributed by atoms with Crippen molar-refractivity contribution in [3.8, 4) is 0 Å². The van der Waals surface area contributed by atoms with Crippen LogP contribution in [0, 0.1) is 0 Å². The largest absolute Gasteiger partial charge is 0.388 e. The van der Waals surface area contributed by atoms with Gasteiger partial charge in [0.2, 0.25) is 0 Å². The summed E-state index contributed by atoms with van der Waals surface area (Å²) in [7, 11) is 0. The van der Waals surface area contributed by atoms with Gasteiger partial charge >= 0.3 is 6.03 Å². The zero-order valence-electron chi connectivity index (χ0n) is 12.7. The molecule has 4 N–H and O–H groups in total. The Kier molecular flexibility index (Phi) is 4.34. The molecule has 2 amide bonds. The van der Waals surface area contributed by atoms with Gasteiger partial charge in [0.1, 0.15) is 0 Å². The second-order valence-electron chi connectivity index (χ2n) is 6.23. The first kappa shape index (κ1) is 14.9. The average molecular weight is 301 g/mol. The Morgan fingerprint density at radius 3 is 2.73 bits per heavy atom. The van der Waals surface area contributed by atoms with E-state index in [4.69, 9.17) is 0 Å². The molecule has 5 nitrogen and oxygen atoms in total. The van der Waals surface area contributed by atoms with Crippen LogP contribution in [0.2, 0.25) is 0 Å². The monoisotopic (exact) mass is 301 g/mol. The van der Waals surface area contributed by atoms with E-state index in [1.165, 1.54) is 12.8 Å². The Labute approximate surface area is 130 Å². The van der Waals surface area contributed by atoms with Crippen molar-refractivity contribution >= 4 is 22.6 Å². The van der Waals surface area contributed by atoms with Crippen molar-refractivity contribution in [2.75, 3.05) is 11.9 Å². The Bertz CT molecular complexity index is 642. The Morgan fingerprint density at radius 1 is 1.18 bits per heavy atom. The fourth-order valence-corrected chi connectivity index (χ4v) is 3.11. The van der Waals surface area contributed by atoms with Crippen molar-refractivity contribution in [2.24, 2.45) is 0 Å². The maximum atomic E-state index is 12.0. The second kappa shape index (κ2) is 6.40. The third kappa shape index (κ3) is 3.60. The van der Waals surface area contributed by atoms with Crippen LogP contribution < -0.4 is 10.6 Å². The summed E-state index contributed by atoms with van der Waals surface area (Å²) in [5.74, 6) is 0. The number of H-pyrrole nitrogens is 1. The van der Waals surface area contributed by atoms with E-state index < -0.39 is 5.60 Å². The van der Waals surface area contributed by atoms with Crippen LogP contribution in [0.1, 0.15) is 38.5 Å². The van der Waals surface area contributed by atoms with Crippen molar-refractivity contribution in [1.29, 1.82) is 0 Å². The van der Waals surface area contributed by atoms with E-state index >= 15 is 0 Å². The zero-order valence-corrected chi connectivity index (χ0v) is 12.7. The minimum Gasteiger partial charge on any atom is -0.388 e. The number of amides is 2. The highest BCUT2D eigenvalue weighted by molar-refractivity contribution is 5.92. The minimum atomic E-state index is -0.752. The van der Waals surface area contributed by atoms with Gasteiger partial charge in [-0.1, -0.05) is 25.7 Å². The van der Waals surface area contributed by atoms with Gasteiger partial charge in [0.25, 0.3) is 0 Å². The second-order valence-corrected chi connectivity index (χ2v) is 6.23. The van der Waals surface area contributed by atoms with Crippen LogP contribution in [-0.2, 0) is 0 Å². The topological polar surface area (TPSA) is 77.2 Å². The molecule has 1 aromatic carbocycles. The van der Waals surface area contributed by atoms with Crippen LogP contribution in [0.3, 0.4) is 0 Å². The van der Waals surface area contributed by atoms with Crippen LogP contribution in [0.5, 0.6) is 0 Å². The molecule has 0 radical (unpaired) electrons. The lowest BCUT2D eigenvalue weighted by Crippen LogP contribution is -2.44. The van der Waals surface area contributed by atoms with Gasteiger partial charge in [0.15, 0.2) is 0 Å². The van der Waals surface area contributed by atoms with E-state index in [1.54, 1.807) is 0 Å². The number of hydrogen-bond donors (Lipinski definition) is 4. The molecule has 1 heterocycles. The van der Waals surface area contributed by atoms with Crippen LogP contribution >= 0.6 is 0 Å². The normalized spacial score (nSPS) is 17.9. The molecule has 0 atom stereocenters. The average Bonchev–Trinajstić information content (AvgIpc) is 2.86. The van der Waals surface area contributed by atoms with Crippen molar-refractivity contribution in [1.82, 2.24) is 10.3 Å². The molecule has 1 saturated carbocycles. The highest BCUT2D eigenvalue weighted by atomic mass is 16.3. The zero-order chi connectivity index (χ0) is 15.4. The summed E-state index contributed by atoms with van der Waals surface area (Å²) < 4.78 is 0. The number of hydrogen-bond acceptors (Lipinski definition) is 2. The van der Waals surface area contributed by atoms with Crippen molar-refractivity contribution in [3.05, 3.63) is 30.5 Å². The van der Waals surface area contributed by atoms with Crippen molar-refractivity contribution in [2.45, 2.75) is 44.1 Å². The molecule has 1 fully saturated rings. The summed E-state index contributed by atoms with van der Waals surface area (Å²) in [5.41, 5.74) is 1.04. The number of carbonyl (C=O) groups is 1. The van der Waals surface area contributed by atoms with E-state index in [-0.39, 0.29) is 6.03 Å². The number of benzene rings is 1. The molecule has 0 saturated heterocycles. The fourth-order valence-electron chi connectivity index (χ4n) is 3.11. The van der Waals surface area contributed by atoms with Gasteiger partial charge in [0.05, 0.1) is 5.60 Å². The Hall–Kier alpha value is -2.01. The van der Waals surface area contributed by atoms with Gasteiger partial charge < -0.3 is 20.7 Å². The number of fused-ring (bicyclic) bond motifs is 1. The standard InChI is InChI=1S/C17H23N3O2/c21-16(19-12-17(22)8-3-1-2-4-9-17)20-14-5-6-15-13(11-14)7-10-18-15/h5-7,10-11,18,22H,1-4,8-9,12H2,(H2,19,20,21). The maximum absolute atomic E-state index is 12.0. The molecule has 1 aromatic heterocycles. The van der Waals surface area contributed by atoms with Crippen LogP contribution in [-0.4, -0.2) is 28.3 Å². The Morgan fingerprint density at radius 2 is 1.95 bits per heavy atom. The molecule has 1 aliphatic carbocycles. The van der Waals surface area contributed by atoms with Gasteiger partial charge in [-0.15, -0.1) is 0 Å². The van der Waals surface area contributed by atoms with Gasteiger partial charge in [-0.25, -0.2) is 4.79 Å². The lowest BCUT2D eigenvalue weighted by molar-refractivity contribution is 0.0281. The van der Waals surface area contributed by atoms with E-state index in [9.17, 15) is 9.90 Å². The number of anilines is 1. The third-order valence-electron chi connectivity index (χ3n) is 4.42. The first-order valence-corrected chi connectivity index (χ1v) is 7.99. The Balaban J connectivity index is 1.55. The highest BCUT2D eigenvalue weighted by Crippen LogP contribution is 2.26. The number of nitrogens with one attached hydrogen (secondary N) is 3. The predicted molar refractivity (Wildman–Crippen MR) is 88.0 cm³/mol. The van der Waals surface area contributed by atoms with Gasteiger partial charge in [0, 0.05) is 29.3 Å². The molecule has 22 heavy (non-hydrogen) atoms. The summed E-state index contributed by atoms with van der Waals surface area (Å²) in [6.07, 6.45) is 7.81. The first-order valence-electron chi connectivity index (χ1n) is 7.99. The van der Waals surface area contributed by atoms with E-state index in [2.05, 4.69) is 15.6 Å². The number of urea groups is 1. The molecule has 0 bridgehead atoms.